The molecule has 0 aliphatic carbocycles. The first-order valence-corrected chi connectivity index (χ1v) is 9.67. The second kappa shape index (κ2) is 7.15. The van der Waals surface area contributed by atoms with Gasteiger partial charge in [-0.05, 0) is 37.0 Å². The molecule has 5 atom stereocenters. The van der Waals surface area contributed by atoms with Gasteiger partial charge in [-0.1, -0.05) is 13.0 Å². The van der Waals surface area contributed by atoms with Crippen LogP contribution in [0.15, 0.2) is 24.3 Å². The van der Waals surface area contributed by atoms with Crippen LogP contribution in [0.5, 0.6) is 0 Å². The SMILES string of the molecule is CC1CC(C#N)N(C(=O)C(N)CN2C[C@@H]3CC2C(=O)N3c2cccc(F)c2)C1. The van der Waals surface area contributed by atoms with Crippen LogP contribution in [0.1, 0.15) is 19.8 Å². The van der Waals surface area contributed by atoms with E-state index in [1.54, 1.807) is 21.9 Å². The third kappa shape index (κ3) is 3.15. The maximum atomic E-state index is 13.5. The topological polar surface area (TPSA) is 93.7 Å². The second-order valence-electron chi connectivity index (χ2n) is 8.13. The van der Waals surface area contributed by atoms with Gasteiger partial charge in [0.15, 0.2) is 0 Å². The fraction of sp³-hybridized carbons (Fsp3) is 0.550. The number of carbonyl (C=O) groups excluding carboxylic acids is 2. The van der Waals surface area contributed by atoms with Crippen molar-refractivity contribution in [2.24, 2.45) is 11.7 Å². The van der Waals surface area contributed by atoms with Crippen molar-refractivity contribution in [1.82, 2.24) is 9.80 Å². The van der Waals surface area contributed by atoms with Gasteiger partial charge in [0, 0.05) is 25.3 Å². The summed E-state index contributed by atoms with van der Waals surface area (Å²) in [6, 6.07) is 6.67. The molecule has 3 heterocycles. The number of hydrogen-bond donors (Lipinski definition) is 1. The third-order valence-corrected chi connectivity index (χ3v) is 6.05. The van der Waals surface area contributed by atoms with Crippen LogP contribution in [0.4, 0.5) is 10.1 Å². The van der Waals surface area contributed by atoms with E-state index in [2.05, 4.69) is 6.07 Å². The average Bonchev–Trinajstić information content (AvgIpc) is 3.33. The van der Waals surface area contributed by atoms with E-state index in [0.29, 0.717) is 31.6 Å². The molecule has 8 heteroatoms. The van der Waals surface area contributed by atoms with Crippen molar-refractivity contribution in [2.45, 2.75) is 43.9 Å². The molecule has 3 fully saturated rings. The lowest BCUT2D eigenvalue weighted by atomic mass is 10.1. The van der Waals surface area contributed by atoms with Crippen molar-refractivity contribution in [3.05, 3.63) is 30.1 Å². The Morgan fingerprint density at radius 2 is 2.18 bits per heavy atom. The number of nitrogens with zero attached hydrogens (tertiary/aromatic N) is 4. The number of likely N-dealkylation sites (tertiary alicyclic amines) is 2. The lowest BCUT2D eigenvalue weighted by molar-refractivity contribution is -0.134. The van der Waals surface area contributed by atoms with Crippen LogP contribution in [0, 0.1) is 23.1 Å². The number of nitriles is 1. The van der Waals surface area contributed by atoms with Crippen LogP contribution in [-0.4, -0.2) is 65.4 Å². The molecule has 3 aliphatic heterocycles. The van der Waals surface area contributed by atoms with Gasteiger partial charge < -0.3 is 15.5 Å². The first-order chi connectivity index (χ1) is 13.4. The molecule has 0 spiro atoms. The normalized spacial score (nSPS) is 30.7. The fourth-order valence-electron chi connectivity index (χ4n) is 4.79. The van der Waals surface area contributed by atoms with E-state index in [1.807, 2.05) is 11.8 Å². The maximum absolute atomic E-state index is 13.5. The monoisotopic (exact) mass is 385 g/mol. The molecule has 7 nitrogen and oxygen atoms in total. The van der Waals surface area contributed by atoms with Crippen molar-refractivity contribution in [3.8, 4) is 6.07 Å². The molecule has 2 bridgehead atoms. The highest BCUT2D eigenvalue weighted by Crippen LogP contribution is 2.36. The molecular weight excluding hydrogens is 361 g/mol. The highest BCUT2D eigenvalue weighted by atomic mass is 19.1. The number of piperazine rings is 1. The Bertz CT molecular complexity index is 840. The summed E-state index contributed by atoms with van der Waals surface area (Å²) in [7, 11) is 0. The zero-order chi connectivity index (χ0) is 20.0. The summed E-state index contributed by atoms with van der Waals surface area (Å²) in [6.07, 6.45) is 1.32. The van der Waals surface area contributed by atoms with Gasteiger partial charge in [-0.2, -0.15) is 5.26 Å². The van der Waals surface area contributed by atoms with Crippen molar-refractivity contribution in [1.29, 1.82) is 5.26 Å². The second-order valence-corrected chi connectivity index (χ2v) is 8.13. The maximum Gasteiger partial charge on any atom is 0.244 e. The average molecular weight is 385 g/mol. The number of amides is 2. The van der Waals surface area contributed by atoms with E-state index in [9.17, 15) is 19.2 Å². The molecule has 0 radical (unpaired) electrons. The Morgan fingerprint density at radius 1 is 1.39 bits per heavy atom. The van der Waals surface area contributed by atoms with Crippen LogP contribution >= 0.6 is 0 Å². The number of rotatable bonds is 4. The molecule has 4 rings (SSSR count). The first kappa shape index (κ1) is 18.8. The van der Waals surface area contributed by atoms with E-state index in [0.717, 1.165) is 0 Å². The fourth-order valence-corrected chi connectivity index (χ4v) is 4.79. The minimum Gasteiger partial charge on any atom is -0.325 e. The summed E-state index contributed by atoms with van der Waals surface area (Å²) in [5.41, 5.74) is 6.74. The molecule has 2 amide bonds. The zero-order valence-electron chi connectivity index (χ0n) is 15.8. The van der Waals surface area contributed by atoms with Gasteiger partial charge in [-0.15, -0.1) is 0 Å². The Balaban J connectivity index is 1.41. The summed E-state index contributed by atoms with van der Waals surface area (Å²) in [5, 5.41) is 9.27. The van der Waals surface area contributed by atoms with Crippen LogP contribution in [0.3, 0.4) is 0 Å². The van der Waals surface area contributed by atoms with E-state index in [1.165, 1.54) is 12.1 Å². The third-order valence-electron chi connectivity index (χ3n) is 6.05. The minimum absolute atomic E-state index is 0.0414. The first-order valence-electron chi connectivity index (χ1n) is 9.67. The van der Waals surface area contributed by atoms with E-state index < -0.39 is 12.1 Å². The Morgan fingerprint density at radius 3 is 2.86 bits per heavy atom. The molecule has 3 saturated heterocycles. The molecule has 28 heavy (non-hydrogen) atoms. The van der Waals surface area contributed by atoms with Crippen molar-refractivity contribution in [2.75, 3.05) is 24.5 Å². The Kier molecular flexibility index (Phi) is 4.81. The molecular formula is C20H24FN5O2. The number of benzene rings is 1. The summed E-state index contributed by atoms with van der Waals surface area (Å²) in [6.45, 7) is 3.45. The number of hydrogen-bond acceptors (Lipinski definition) is 5. The predicted molar refractivity (Wildman–Crippen MR) is 101 cm³/mol. The molecule has 0 aromatic heterocycles. The van der Waals surface area contributed by atoms with Crippen LogP contribution in [0.2, 0.25) is 0 Å². The summed E-state index contributed by atoms with van der Waals surface area (Å²) < 4.78 is 13.5. The van der Waals surface area contributed by atoms with Crippen molar-refractivity contribution >= 4 is 17.5 Å². The standard InChI is InChI=1S/C20H24FN5O2/c1-12-5-15(8-22)25(9-12)19(27)17(23)11-24-10-16-7-18(24)20(28)26(16)14-4-2-3-13(21)6-14/h2-4,6,12,15-18H,5,7,9-11,23H2,1H3/t12?,15?,16-,17?,18?/m0/s1. The minimum atomic E-state index is -0.768. The van der Waals surface area contributed by atoms with Gasteiger partial charge in [-0.25, -0.2) is 4.39 Å². The Hall–Kier alpha value is -2.50. The molecule has 0 saturated carbocycles. The van der Waals surface area contributed by atoms with Gasteiger partial charge in [0.25, 0.3) is 0 Å². The number of anilines is 1. The molecule has 1 aromatic rings. The largest absolute Gasteiger partial charge is 0.325 e. The lowest BCUT2D eigenvalue weighted by Crippen LogP contribution is -2.56. The number of nitrogens with two attached hydrogens (primary N) is 1. The molecule has 4 unspecified atom stereocenters. The van der Waals surface area contributed by atoms with Crippen LogP contribution in [0.25, 0.3) is 0 Å². The number of carbonyl (C=O) groups is 2. The van der Waals surface area contributed by atoms with Crippen molar-refractivity contribution in [3.63, 3.8) is 0 Å². The smallest absolute Gasteiger partial charge is 0.244 e. The molecule has 3 aliphatic rings. The zero-order valence-corrected chi connectivity index (χ0v) is 15.8. The summed E-state index contributed by atoms with van der Waals surface area (Å²) >= 11 is 0. The summed E-state index contributed by atoms with van der Waals surface area (Å²) in [4.78, 5) is 30.7. The number of halogens is 1. The number of fused-ring (bicyclic) bond motifs is 2. The molecule has 1 aromatic carbocycles. The van der Waals surface area contributed by atoms with Crippen LogP contribution in [-0.2, 0) is 9.59 Å². The highest BCUT2D eigenvalue weighted by molar-refractivity contribution is 6.01. The Labute approximate surface area is 163 Å². The highest BCUT2D eigenvalue weighted by Gasteiger charge is 2.50. The quantitative estimate of drug-likeness (QED) is 0.824. The van der Waals surface area contributed by atoms with Gasteiger partial charge in [0.2, 0.25) is 11.8 Å². The van der Waals surface area contributed by atoms with Gasteiger partial charge in [0.1, 0.15) is 11.9 Å². The molecule has 148 valence electrons. The summed E-state index contributed by atoms with van der Waals surface area (Å²) in [5.74, 6) is -0.395. The molecule has 2 N–H and O–H groups in total. The van der Waals surface area contributed by atoms with E-state index in [4.69, 9.17) is 5.73 Å². The van der Waals surface area contributed by atoms with Gasteiger partial charge in [0.05, 0.1) is 24.2 Å². The van der Waals surface area contributed by atoms with Gasteiger partial charge in [-0.3, -0.25) is 14.5 Å². The lowest BCUT2D eigenvalue weighted by Gasteiger charge is -2.35. The van der Waals surface area contributed by atoms with Crippen LogP contribution < -0.4 is 10.6 Å². The predicted octanol–water partition coefficient (Wildman–Crippen LogP) is 0.703. The van der Waals surface area contributed by atoms with E-state index in [-0.39, 0.29) is 42.2 Å². The van der Waals surface area contributed by atoms with Crippen molar-refractivity contribution < 1.29 is 14.0 Å². The van der Waals surface area contributed by atoms with E-state index >= 15 is 0 Å². The van der Waals surface area contributed by atoms with Gasteiger partial charge >= 0.3 is 0 Å².